The number of methoxy groups -OCH3 is 2. The van der Waals surface area contributed by atoms with Gasteiger partial charge < -0.3 is 19.7 Å². The van der Waals surface area contributed by atoms with E-state index >= 15 is 0 Å². The molecule has 27 heavy (non-hydrogen) atoms. The van der Waals surface area contributed by atoms with Crippen molar-refractivity contribution < 1.29 is 19.1 Å². The van der Waals surface area contributed by atoms with Gasteiger partial charge in [-0.3, -0.25) is 9.59 Å². The van der Waals surface area contributed by atoms with Crippen LogP contribution in [-0.4, -0.2) is 32.6 Å². The zero-order chi connectivity index (χ0) is 19.4. The summed E-state index contributed by atoms with van der Waals surface area (Å²) in [5.74, 6) is 0.638. The summed E-state index contributed by atoms with van der Waals surface area (Å²) in [6.07, 6.45) is 2.33. The smallest absolute Gasteiger partial charge is 0.263 e. The molecule has 1 heterocycles. The minimum absolute atomic E-state index is 0.0887. The van der Waals surface area contributed by atoms with E-state index in [9.17, 15) is 9.59 Å². The van der Waals surface area contributed by atoms with Gasteiger partial charge in [-0.05, 0) is 42.7 Å². The van der Waals surface area contributed by atoms with Crippen LogP contribution in [-0.2, 0) is 11.2 Å². The minimum Gasteiger partial charge on any atom is -0.496 e. The highest BCUT2D eigenvalue weighted by Gasteiger charge is 2.23. The summed E-state index contributed by atoms with van der Waals surface area (Å²) in [7, 11) is 3.03. The van der Waals surface area contributed by atoms with Crippen molar-refractivity contribution in [2.75, 3.05) is 31.0 Å². The van der Waals surface area contributed by atoms with Crippen molar-refractivity contribution in [1.29, 1.82) is 0 Å². The normalized spacial score (nSPS) is 12.9. The molecule has 0 spiro atoms. The lowest BCUT2D eigenvalue weighted by Crippen LogP contribution is -2.35. The molecule has 1 aliphatic heterocycles. The highest BCUT2D eigenvalue weighted by atomic mass is 16.5. The molecule has 0 saturated carbocycles. The van der Waals surface area contributed by atoms with Gasteiger partial charge in [0.15, 0.2) is 0 Å². The van der Waals surface area contributed by atoms with Gasteiger partial charge >= 0.3 is 0 Å². The van der Waals surface area contributed by atoms with Crippen molar-refractivity contribution in [2.45, 2.75) is 26.2 Å². The number of carbonyl (C=O) groups excluding carboxylic acids is 2. The molecular weight excluding hydrogens is 344 g/mol. The Hall–Kier alpha value is -3.02. The lowest BCUT2D eigenvalue weighted by atomic mass is 10.0. The molecule has 1 N–H and O–H groups in total. The van der Waals surface area contributed by atoms with E-state index in [0.29, 0.717) is 35.7 Å². The Morgan fingerprint density at radius 1 is 1.11 bits per heavy atom. The van der Waals surface area contributed by atoms with Crippen LogP contribution in [0.2, 0.25) is 0 Å². The molecule has 2 amide bonds. The number of carbonyl (C=O) groups is 2. The molecule has 2 aromatic rings. The summed E-state index contributed by atoms with van der Waals surface area (Å²) < 4.78 is 10.6. The minimum atomic E-state index is -0.326. The second kappa shape index (κ2) is 8.12. The maximum atomic E-state index is 12.9. The number of rotatable bonds is 5. The molecule has 0 unspecified atom stereocenters. The molecule has 0 radical (unpaired) electrons. The molecule has 3 rings (SSSR count). The van der Waals surface area contributed by atoms with Crippen molar-refractivity contribution in [3.63, 3.8) is 0 Å². The van der Waals surface area contributed by atoms with Crippen LogP contribution in [0.3, 0.4) is 0 Å². The molecule has 0 aliphatic carbocycles. The molecule has 0 bridgehead atoms. The Bertz CT molecular complexity index is 841. The lowest BCUT2D eigenvalue weighted by Gasteiger charge is -2.29. The maximum absolute atomic E-state index is 12.9. The van der Waals surface area contributed by atoms with Gasteiger partial charge in [0.05, 0.1) is 14.2 Å². The molecule has 142 valence electrons. The van der Waals surface area contributed by atoms with Crippen LogP contribution < -0.4 is 19.7 Å². The summed E-state index contributed by atoms with van der Waals surface area (Å²) in [4.78, 5) is 26.9. The first-order valence-corrected chi connectivity index (χ1v) is 9.04. The third-order valence-corrected chi connectivity index (χ3v) is 4.72. The van der Waals surface area contributed by atoms with Crippen molar-refractivity contribution in [2.24, 2.45) is 0 Å². The average molecular weight is 368 g/mol. The van der Waals surface area contributed by atoms with Gasteiger partial charge in [0, 0.05) is 24.3 Å². The summed E-state index contributed by atoms with van der Waals surface area (Å²) in [6, 6.07) is 10.9. The van der Waals surface area contributed by atoms with Crippen molar-refractivity contribution >= 4 is 23.2 Å². The fourth-order valence-electron chi connectivity index (χ4n) is 3.37. The predicted molar refractivity (Wildman–Crippen MR) is 105 cm³/mol. The lowest BCUT2D eigenvalue weighted by molar-refractivity contribution is -0.118. The number of fused-ring (bicyclic) bond motifs is 1. The Morgan fingerprint density at radius 3 is 2.44 bits per heavy atom. The van der Waals surface area contributed by atoms with Crippen molar-refractivity contribution in [1.82, 2.24) is 0 Å². The van der Waals surface area contributed by atoms with Gasteiger partial charge in [-0.25, -0.2) is 0 Å². The second-order valence-electron chi connectivity index (χ2n) is 6.34. The molecule has 2 aromatic carbocycles. The van der Waals surface area contributed by atoms with E-state index in [1.54, 1.807) is 23.1 Å². The molecule has 0 atom stereocenters. The maximum Gasteiger partial charge on any atom is 0.263 e. The summed E-state index contributed by atoms with van der Waals surface area (Å²) in [5, 5.41) is 2.90. The largest absolute Gasteiger partial charge is 0.496 e. The molecule has 0 saturated heterocycles. The molecule has 6 heteroatoms. The average Bonchev–Trinajstić information content (AvgIpc) is 2.71. The fraction of sp³-hybridized carbons (Fsp3) is 0.333. The molecular formula is C21H24N2O4. The zero-order valence-corrected chi connectivity index (χ0v) is 15.9. The van der Waals surface area contributed by atoms with E-state index in [0.717, 1.165) is 24.1 Å². The Balaban J connectivity index is 1.91. The Morgan fingerprint density at radius 2 is 1.81 bits per heavy atom. The number of amides is 2. The molecule has 1 aliphatic rings. The summed E-state index contributed by atoms with van der Waals surface area (Å²) in [6.45, 7) is 2.56. The quantitative estimate of drug-likeness (QED) is 0.875. The van der Waals surface area contributed by atoms with Gasteiger partial charge in [0.2, 0.25) is 5.91 Å². The third kappa shape index (κ3) is 3.74. The number of nitrogens with zero attached hydrogens (tertiary/aromatic N) is 1. The Kier molecular flexibility index (Phi) is 5.64. The van der Waals surface area contributed by atoms with Crippen molar-refractivity contribution in [3.05, 3.63) is 47.5 Å². The van der Waals surface area contributed by atoms with E-state index in [4.69, 9.17) is 9.47 Å². The van der Waals surface area contributed by atoms with Crippen LogP contribution in [0.25, 0.3) is 0 Å². The van der Waals surface area contributed by atoms with Crippen LogP contribution in [0.1, 0.15) is 35.7 Å². The number of hydrogen-bond acceptors (Lipinski definition) is 4. The first kappa shape index (κ1) is 18.8. The fourth-order valence-corrected chi connectivity index (χ4v) is 3.37. The number of nitrogens with one attached hydrogen (secondary N) is 1. The van der Waals surface area contributed by atoms with E-state index in [2.05, 4.69) is 5.32 Å². The highest BCUT2D eigenvalue weighted by molar-refractivity contribution is 6.08. The van der Waals surface area contributed by atoms with Gasteiger partial charge in [0.1, 0.15) is 17.1 Å². The molecule has 0 aromatic heterocycles. The first-order valence-electron chi connectivity index (χ1n) is 9.04. The van der Waals surface area contributed by atoms with E-state index in [1.807, 2.05) is 25.1 Å². The monoisotopic (exact) mass is 368 g/mol. The number of hydrogen-bond donors (Lipinski definition) is 1. The molecule has 0 fully saturated rings. The number of aryl methyl sites for hydroxylation is 1. The number of anilines is 2. The summed E-state index contributed by atoms with van der Waals surface area (Å²) >= 11 is 0. The molecule has 6 nitrogen and oxygen atoms in total. The van der Waals surface area contributed by atoms with Crippen LogP contribution >= 0.6 is 0 Å². The van der Waals surface area contributed by atoms with E-state index < -0.39 is 0 Å². The zero-order valence-electron chi connectivity index (χ0n) is 15.9. The van der Waals surface area contributed by atoms with Gasteiger partial charge in [-0.2, -0.15) is 0 Å². The number of ether oxygens (including phenoxy) is 2. The van der Waals surface area contributed by atoms with Crippen LogP contribution in [0, 0.1) is 0 Å². The predicted octanol–water partition coefficient (Wildman–Crippen LogP) is 3.65. The second-order valence-corrected chi connectivity index (χ2v) is 6.34. The first-order chi connectivity index (χ1) is 13.1. The van der Waals surface area contributed by atoms with Gasteiger partial charge in [0.25, 0.3) is 5.91 Å². The topological polar surface area (TPSA) is 67.9 Å². The number of benzene rings is 2. The van der Waals surface area contributed by atoms with E-state index in [1.165, 1.54) is 14.2 Å². The van der Waals surface area contributed by atoms with Gasteiger partial charge in [-0.15, -0.1) is 0 Å². The standard InChI is InChI=1S/C21H24N2O4/c1-4-19(24)23-12-6-7-14-10-11-15(13-16(14)23)22-21(25)20-17(26-2)8-5-9-18(20)27-3/h5,8-11,13H,4,6-7,12H2,1-3H3,(H,22,25). The Labute approximate surface area is 159 Å². The summed E-state index contributed by atoms with van der Waals surface area (Å²) in [5.41, 5.74) is 2.96. The SMILES string of the molecule is CCC(=O)N1CCCc2ccc(NC(=O)c3c(OC)cccc3OC)cc21. The van der Waals surface area contributed by atoms with Crippen LogP contribution in [0.4, 0.5) is 11.4 Å². The third-order valence-electron chi connectivity index (χ3n) is 4.72. The highest BCUT2D eigenvalue weighted by Crippen LogP contribution is 2.32. The van der Waals surface area contributed by atoms with Crippen LogP contribution in [0.15, 0.2) is 36.4 Å². The van der Waals surface area contributed by atoms with Gasteiger partial charge in [-0.1, -0.05) is 19.1 Å². The van der Waals surface area contributed by atoms with Crippen LogP contribution in [0.5, 0.6) is 11.5 Å². The van der Waals surface area contributed by atoms with E-state index in [-0.39, 0.29) is 11.8 Å². The van der Waals surface area contributed by atoms with Crippen molar-refractivity contribution in [3.8, 4) is 11.5 Å².